The van der Waals surface area contributed by atoms with Crippen molar-refractivity contribution in [2.45, 2.75) is 130 Å². The van der Waals surface area contributed by atoms with E-state index in [-0.39, 0.29) is 42.5 Å². The highest BCUT2D eigenvalue weighted by atomic mass is 32.2. The third-order valence-corrected chi connectivity index (χ3v) is 12.6. The van der Waals surface area contributed by atoms with Crippen molar-refractivity contribution in [1.82, 2.24) is 25.2 Å². The minimum atomic E-state index is -3.47. The number of urea groups is 1. The van der Waals surface area contributed by atoms with Gasteiger partial charge in [-0.15, -0.1) is 0 Å². The van der Waals surface area contributed by atoms with Crippen molar-refractivity contribution in [1.29, 1.82) is 0 Å². The maximum Gasteiger partial charge on any atom is 0.315 e. The molecule has 3 fully saturated rings. The minimum Gasteiger partial charge on any atom is -0.363 e. The summed E-state index contributed by atoms with van der Waals surface area (Å²) in [6, 6.07) is -3.99. The van der Waals surface area contributed by atoms with E-state index < -0.39 is 69.1 Å². The smallest absolute Gasteiger partial charge is 0.315 e. The van der Waals surface area contributed by atoms with Gasteiger partial charge < -0.3 is 26.6 Å². The summed E-state index contributed by atoms with van der Waals surface area (Å²) in [6.07, 6.45) is 8.57. The number of primary amides is 1. The van der Waals surface area contributed by atoms with E-state index in [0.29, 0.717) is 12.8 Å². The quantitative estimate of drug-likeness (QED) is 0.189. The molecule has 3 rings (SSSR count). The van der Waals surface area contributed by atoms with E-state index >= 15 is 0 Å². The molecule has 48 heavy (non-hydrogen) atoms. The Labute approximate surface area is 287 Å². The van der Waals surface area contributed by atoms with Gasteiger partial charge in [0.2, 0.25) is 27.6 Å². The second-order valence-corrected chi connectivity index (χ2v) is 18.0. The number of nitrogens with zero attached hydrogens (tertiary/aromatic N) is 2. The highest BCUT2D eigenvalue weighted by Gasteiger charge is 2.48. The largest absolute Gasteiger partial charge is 0.363 e. The SMILES string of the molecule is CCS(=O)(=O)N(C)C[C@@H](NC(=O)N[C@H](C(=O)N1CC[C@H](C(C)C)[C@H]1C(=O)NC(CC1CCC1)C(=O)C(N)=O)C(C)(C)C)C1CCCCC1. The second-order valence-electron chi connectivity index (χ2n) is 15.6. The molecular formula is C34H60N6O7S. The molecule has 0 bridgehead atoms. The second kappa shape index (κ2) is 16.8. The molecular weight excluding hydrogens is 636 g/mol. The first kappa shape index (κ1) is 39.7. The van der Waals surface area contributed by atoms with Crippen LogP contribution in [0.3, 0.4) is 0 Å². The highest BCUT2D eigenvalue weighted by molar-refractivity contribution is 7.89. The van der Waals surface area contributed by atoms with E-state index in [9.17, 15) is 32.4 Å². The Kier molecular flexibility index (Phi) is 13.9. The molecule has 14 heteroatoms. The number of Topliss-reactive ketones (excluding diaryl/α,β-unsaturated/α-hetero) is 1. The first-order valence-corrected chi connectivity index (χ1v) is 19.4. The zero-order chi connectivity index (χ0) is 36.0. The van der Waals surface area contributed by atoms with E-state index in [0.717, 1.165) is 51.4 Å². The number of hydrogen-bond donors (Lipinski definition) is 4. The Hall–Kier alpha value is -2.74. The van der Waals surface area contributed by atoms with Crippen molar-refractivity contribution in [3.63, 3.8) is 0 Å². The molecule has 0 aromatic carbocycles. The van der Waals surface area contributed by atoms with Gasteiger partial charge in [-0.05, 0) is 61.7 Å². The molecule has 274 valence electrons. The number of ketones is 1. The number of nitrogens with two attached hydrogens (primary N) is 1. The topological polar surface area (TPSA) is 188 Å². The Bertz CT molecular complexity index is 1270. The molecule has 5 atom stereocenters. The Morgan fingerprint density at radius 1 is 0.917 bits per heavy atom. The van der Waals surface area contributed by atoms with Crippen LogP contribution in [0.1, 0.15) is 106 Å². The van der Waals surface area contributed by atoms with Crippen LogP contribution in [0.15, 0.2) is 0 Å². The van der Waals surface area contributed by atoms with Gasteiger partial charge in [0.1, 0.15) is 12.1 Å². The van der Waals surface area contributed by atoms with Gasteiger partial charge in [0.25, 0.3) is 5.91 Å². The molecule has 2 saturated carbocycles. The number of nitrogens with one attached hydrogen (secondary N) is 3. The van der Waals surface area contributed by atoms with E-state index in [1.54, 1.807) is 6.92 Å². The Morgan fingerprint density at radius 2 is 1.54 bits per heavy atom. The van der Waals surface area contributed by atoms with Crippen LogP contribution >= 0.6 is 0 Å². The molecule has 1 saturated heterocycles. The van der Waals surface area contributed by atoms with Crippen molar-refractivity contribution in [3.8, 4) is 0 Å². The Morgan fingerprint density at radius 3 is 2.04 bits per heavy atom. The predicted molar refractivity (Wildman–Crippen MR) is 184 cm³/mol. The van der Waals surface area contributed by atoms with Crippen molar-refractivity contribution in [3.05, 3.63) is 0 Å². The van der Waals surface area contributed by atoms with Crippen LogP contribution in [-0.4, -0.2) is 97.2 Å². The summed E-state index contributed by atoms with van der Waals surface area (Å²) in [6.45, 7) is 11.5. The molecule has 5 N–H and O–H groups in total. The zero-order valence-corrected chi connectivity index (χ0v) is 30.9. The molecule has 0 radical (unpaired) electrons. The fourth-order valence-corrected chi connectivity index (χ4v) is 8.26. The third kappa shape index (κ3) is 10.1. The fourth-order valence-electron chi connectivity index (χ4n) is 7.44. The van der Waals surface area contributed by atoms with E-state index in [1.807, 2.05) is 34.6 Å². The first-order valence-electron chi connectivity index (χ1n) is 17.8. The predicted octanol–water partition coefficient (Wildman–Crippen LogP) is 2.53. The molecule has 1 unspecified atom stereocenters. The van der Waals surface area contributed by atoms with E-state index in [1.165, 1.54) is 16.3 Å². The van der Waals surface area contributed by atoms with Crippen LogP contribution in [0, 0.1) is 29.1 Å². The molecule has 3 aliphatic rings. The summed E-state index contributed by atoms with van der Waals surface area (Å²) in [5, 5.41) is 8.69. The molecule has 1 heterocycles. The molecule has 0 spiro atoms. The molecule has 2 aliphatic carbocycles. The number of likely N-dealkylation sites (N-methyl/N-ethyl adjacent to an activating group) is 1. The normalized spacial score (nSPS) is 22.9. The van der Waals surface area contributed by atoms with Crippen LogP contribution < -0.4 is 21.7 Å². The van der Waals surface area contributed by atoms with Crippen LogP contribution in [-0.2, 0) is 29.2 Å². The summed E-state index contributed by atoms with van der Waals surface area (Å²) < 4.78 is 26.5. The highest BCUT2D eigenvalue weighted by Crippen LogP contribution is 2.35. The fraction of sp³-hybridized carbons (Fsp3) is 0.853. The standard InChI is InChI=1S/C34H60N6O7S/c1-8-48(46,47)39(7)20-26(23-15-10-9-11-16-23)37-33(45)38-29(34(4,5)6)32(44)40-18-17-24(21(2)3)27(40)31(43)36-25(28(41)30(35)42)19-22-13-12-14-22/h21-27,29H,8-20H2,1-7H3,(H2,35,42)(H,36,43)(H2,37,38,45)/t24-,25?,26-,27+,29-/m1/s1. The summed E-state index contributed by atoms with van der Waals surface area (Å²) in [5.41, 5.74) is 4.59. The molecule has 5 amide bonds. The first-order chi connectivity index (χ1) is 22.4. The van der Waals surface area contributed by atoms with Crippen molar-refractivity contribution in [2.75, 3.05) is 25.9 Å². The van der Waals surface area contributed by atoms with Gasteiger partial charge in [-0.25, -0.2) is 17.5 Å². The van der Waals surface area contributed by atoms with Gasteiger partial charge >= 0.3 is 6.03 Å². The monoisotopic (exact) mass is 696 g/mol. The number of rotatable bonds is 15. The van der Waals surface area contributed by atoms with Crippen molar-refractivity contribution in [2.24, 2.45) is 34.8 Å². The van der Waals surface area contributed by atoms with Crippen LogP contribution in [0.4, 0.5) is 4.79 Å². The lowest BCUT2D eigenvalue weighted by molar-refractivity contribution is -0.144. The average molecular weight is 697 g/mol. The van der Waals surface area contributed by atoms with Crippen LogP contribution in [0.25, 0.3) is 0 Å². The lowest BCUT2D eigenvalue weighted by Gasteiger charge is -2.38. The minimum absolute atomic E-state index is 0.0347. The van der Waals surface area contributed by atoms with Crippen molar-refractivity contribution >= 4 is 39.6 Å². The van der Waals surface area contributed by atoms with Gasteiger partial charge in [-0.2, -0.15) is 0 Å². The molecule has 0 aromatic rings. The number of carbonyl (C=O) groups excluding carboxylic acids is 5. The van der Waals surface area contributed by atoms with Gasteiger partial charge in [0.05, 0.1) is 11.8 Å². The summed E-state index contributed by atoms with van der Waals surface area (Å²) in [7, 11) is -1.95. The number of carbonyl (C=O) groups is 5. The van der Waals surface area contributed by atoms with Crippen molar-refractivity contribution < 1.29 is 32.4 Å². The van der Waals surface area contributed by atoms with Crippen LogP contribution in [0.5, 0.6) is 0 Å². The van der Waals surface area contributed by atoms with Crippen LogP contribution in [0.2, 0.25) is 0 Å². The summed E-state index contributed by atoms with van der Waals surface area (Å²) in [4.78, 5) is 68.1. The maximum atomic E-state index is 14.4. The average Bonchev–Trinajstić information content (AvgIpc) is 3.45. The number of likely N-dealkylation sites (tertiary alicyclic amines) is 1. The number of sulfonamides is 1. The molecule has 0 aromatic heterocycles. The van der Waals surface area contributed by atoms with Gasteiger partial charge in [0, 0.05) is 26.2 Å². The molecule has 13 nitrogen and oxygen atoms in total. The van der Waals surface area contributed by atoms with E-state index in [2.05, 4.69) is 16.0 Å². The lowest BCUT2D eigenvalue weighted by Crippen LogP contribution is -2.62. The lowest BCUT2D eigenvalue weighted by atomic mass is 9.80. The van der Waals surface area contributed by atoms with Gasteiger partial charge in [-0.1, -0.05) is 73.1 Å². The number of hydrogen-bond acceptors (Lipinski definition) is 7. The maximum absolute atomic E-state index is 14.4. The summed E-state index contributed by atoms with van der Waals surface area (Å²) in [5.74, 6) is -2.78. The zero-order valence-electron chi connectivity index (χ0n) is 30.0. The van der Waals surface area contributed by atoms with Gasteiger partial charge in [-0.3, -0.25) is 19.2 Å². The molecule has 1 aliphatic heterocycles. The Balaban J connectivity index is 1.83. The summed E-state index contributed by atoms with van der Waals surface area (Å²) >= 11 is 0. The third-order valence-electron chi connectivity index (χ3n) is 10.7. The van der Waals surface area contributed by atoms with E-state index in [4.69, 9.17) is 5.73 Å². The number of amides is 5. The van der Waals surface area contributed by atoms with Gasteiger partial charge in [0.15, 0.2) is 0 Å².